The van der Waals surface area contributed by atoms with Crippen molar-refractivity contribution in [3.05, 3.63) is 155 Å². The number of carbonyl (C=O) groups excluding carboxylic acids is 2. The molecule has 256 valence electrons. The summed E-state index contributed by atoms with van der Waals surface area (Å²) in [6.07, 6.45) is 0.836. The van der Waals surface area contributed by atoms with Crippen molar-refractivity contribution >= 4 is 11.8 Å². The van der Waals surface area contributed by atoms with E-state index in [1.807, 2.05) is 30.3 Å². The van der Waals surface area contributed by atoms with Crippen molar-refractivity contribution in [1.82, 2.24) is 15.5 Å². The minimum Gasteiger partial charge on any atom is -0.390 e. The lowest BCUT2D eigenvalue weighted by atomic mass is 9.95. The number of aliphatic hydroxyl groups is 1. The van der Waals surface area contributed by atoms with Crippen LogP contribution in [0.15, 0.2) is 116 Å². The second-order valence-electron chi connectivity index (χ2n) is 12.7. The monoisotopic (exact) mass is 669 g/mol. The van der Waals surface area contributed by atoms with Gasteiger partial charge >= 0.3 is 0 Å². The number of allylic oxidation sites excluding steroid dienone is 1. The number of hydrogen-bond acceptors (Lipinski definition) is 4. The molecule has 6 nitrogen and oxygen atoms in total. The molecular weight excluding hydrogens is 627 g/mol. The van der Waals surface area contributed by atoms with Crippen LogP contribution in [0.1, 0.15) is 68.8 Å². The van der Waals surface area contributed by atoms with Gasteiger partial charge in [-0.2, -0.15) is 0 Å². The average molecular weight is 670 g/mol. The summed E-state index contributed by atoms with van der Waals surface area (Å²) in [4.78, 5) is 29.2. The maximum atomic E-state index is 14.4. The summed E-state index contributed by atoms with van der Waals surface area (Å²) in [5, 5.41) is 17.4. The average Bonchev–Trinajstić information content (AvgIpc) is 3.49. The van der Waals surface area contributed by atoms with E-state index >= 15 is 0 Å². The van der Waals surface area contributed by atoms with Crippen LogP contribution in [0.2, 0.25) is 0 Å². The van der Waals surface area contributed by atoms with Crippen molar-refractivity contribution in [2.75, 3.05) is 13.1 Å². The van der Waals surface area contributed by atoms with E-state index in [9.17, 15) is 27.9 Å². The predicted molar refractivity (Wildman–Crippen MR) is 185 cm³/mol. The van der Waals surface area contributed by atoms with Crippen LogP contribution in [0.25, 0.3) is 0 Å². The lowest BCUT2D eigenvalue weighted by molar-refractivity contribution is -0.000949. The number of halogens is 3. The molecule has 1 aliphatic rings. The van der Waals surface area contributed by atoms with Crippen molar-refractivity contribution in [2.45, 2.75) is 56.8 Å². The summed E-state index contributed by atoms with van der Waals surface area (Å²) >= 11 is 0. The summed E-state index contributed by atoms with van der Waals surface area (Å²) in [5.41, 5.74) is 2.92. The molecule has 0 bridgehead atoms. The molecule has 4 atom stereocenters. The molecule has 9 heteroatoms. The number of carbonyl (C=O) groups is 2. The lowest BCUT2D eigenvalue weighted by Crippen LogP contribution is -2.48. The normalized spacial score (nSPS) is 17.4. The van der Waals surface area contributed by atoms with Crippen molar-refractivity contribution < 1.29 is 27.9 Å². The molecule has 0 spiro atoms. The van der Waals surface area contributed by atoms with Crippen molar-refractivity contribution in [1.29, 1.82) is 0 Å². The van der Waals surface area contributed by atoms with Crippen LogP contribution in [0.3, 0.4) is 0 Å². The lowest BCUT2D eigenvalue weighted by Gasteiger charge is -2.28. The molecule has 1 aliphatic heterocycles. The van der Waals surface area contributed by atoms with Gasteiger partial charge < -0.3 is 20.6 Å². The molecule has 0 saturated carbocycles. The van der Waals surface area contributed by atoms with Gasteiger partial charge in [-0.25, -0.2) is 13.2 Å². The molecule has 4 aromatic carbocycles. The quantitative estimate of drug-likeness (QED) is 0.124. The number of benzene rings is 4. The van der Waals surface area contributed by atoms with E-state index < -0.39 is 30.4 Å². The van der Waals surface area contributed by atoms with Crippen LogP contribution in [0, 0.1) is 11.7 Å². The minimum absolute atomic E-state index is 0.0848. The summed E-state index contributed by atoms with van der Waals surface area (Å²) in [6, 6.07) is 27.4. The van der Waals surface area contributed by atoms with E-state index in [-0.39, 0.29) is 47.9 Å². The zero-order valence-electron chi connectivity index (χ0n) is 27.5. The Kier molecular flexibility index (Phi) is 11.7. The van der Waals surface area contributed by atoms with Gasteiger partial charge in [0.1, 0.15) is 5.82 Å². The van der Waals surface area contributed by atoms with Crippen LogP contribution in [-0.4, -0.2) is 47.1 Å². The van der Waals surface area contributed by atoms with E-state index in [0.717, 1.165) is 17.5 Å². The molecule has 2 amide bonds. The molecule has 1 heterocycles. The number of alkyl halides is 2. The Labute approximate surface area is 285 Å². The highest BCUT2D eigenvalue weighted by Gasteiger charge is 2.36. The fourth-order valence-corrected chi connectivity index (χ4v) is 6.42. The van der Waals surface area contributed by atoms with Gasteiger partial charge in [-0.15, -0.1) is 6.58 Å². The Morgan fingerprint density at radius 3 is 2.39 bits per heavy atom. The van der Waals surface area contributed by atoms with E-state index in [1.54, 1.807) is 53.4 Å². The van der Waals surface area contributed by atoms with Gasteiger partial charge in [0, 0.05) is 42.7 Å². The molecule has 4 aromatic rings. The van der Waals surface area contributed by atoms with Crippen LogP contribution in [0.5, 0.6) is 0 Å². The molecule has 5 rings (SSSR count). The first kappa shape index (κ1) is 35.6. The van der Waals surface area contributed by atoms with Crippen molar-refractivity contribution in [2.24, 2.45) is 5.92 Å². The number of amides is 2. The highest BCUT2D eigenvalue weighted by atomic mass is 19.3. The molecule has 0 aliphatic carbocycles. The van der Waals surface area contributed by atoms with Crippen molar-refractivity contribution in [3.63, 3.8) is 0 Å². The largest absolute Gasteiger partial charge is 0.390 e. The first-order valence-corrected chi connectivity index (χ1v) is 16.5. The molecule has 49 heavy (non-hydrogen) atoms. The Morgan fingerprint density at radius 2 is 1.65 bits per heavy atom. The van der Waals surface area contributed by atoms with E-state index in [2.05, 4.69) is 24.1 Å². The first-order valence-electron chi connectivity index (χ1n) is 16.5. The summed E-state index contributed by atoms with van der Waals surface area (Å²) in [7, 11) is 0. The van der Waals surface area contributed by atoms with E-state index in [4.69, 9.17) is 0 Å². The molecule has 4 unspecified atom stereocenters. The minimum atomic E-state index is -3.03. The fourth-order valence-electron chi connectivity index (χ4n) is 6.42. The maximum Gasteiger partial charge on any atom is 0.276 e. The van der Waals surface area contributed by atoms with E-state index in [1.165, 1.54) is 30.3 Å². The fraction of sp³-hybridized carbons (Fsp3) is 0.300. The third-order valence-corrected chi connectivity index (χ3v) is 9.06. The molecule has 1 saturated heterocycles. The number of nitrogens with zero attached hydrogens (tertiary/aromatic N) is 1. The Bertz CT molecular complexity index is 1730. The zero-order chi connectivity index (χ0) is 35.0. The van der Waals surface area contributed by atoms with Crippen LogP contribution < -0.4 is 10.6 Å². The number of aliphatic hydroxyl groups excluding tert-OH is 1. The predicted octanol–water partition coefficient (Wildman–Crippen LogP) is 7.21. The molecule has 3 N–H and O–H groups in total. The molecule has 0 radical (unpaired) electrons. The van der Waals surface area contributed by atoms with Gasteiger partial charge in [0.15, 0.2) is 0 Å². The molecule has 0 aromatic heterocycles. The standard InChI is InChI=1S/C40H42F3N3O3/c1-3-20-40(42,43)33-14-7-11-29(22-33)25-44-26-36(47)35(23-28-9-5-4-6-10-28)45-38(48)31-12-8-13-32(24-31)39(49)46-21-19-27(2)37(46)30-15-17-34(41)18-16-30/h3-18,22,24,27,35-37,44,47H,1,19-21,23,25-26H2,2H3,(H,45,48). The number of nitrogens with one attached hydrogen (secondary N) is 2. The Hall–Kier alpha value is -4.73. The van der Waals surface area contributed by atoms with Crippen LogP contribution in [0.4, 0.5) is 13.2 Å². The van der Waals surface area contributed by atoms with E-state index in [0.29, 0.717) is 24.1 Å². The smallest absolute Gasteiger partial charge is 0.276 e. The second kappa shape index (κ2) is 16.1. The number of rotatable bonds is 14. The highest BCUT2D eigenvalue weighted by Crippen LogP contribution is 2.38. The molecule has 1 fully saturated rings. The SMILES string of the molecule is C=CCC(F)(F)c1cccc(CNCC(O)C(Cc2ccccc2)NC(=O)c2cccc(C(=O)N3CCC(C)C3c3ccc(F)cc3)c2)c1. The summed E-state index contributed by atoms with van der Waals surface area (Å²) < 4.78 is 42.5. The van der Waals surface area contributed by atoms with Gasteiger partial charge in [0.2, 0.25) is 0 Å². The summed E-state index contributed by atoms with van der Waals surface area (Å²) in [6.45, 7) is 6.35. The highest BCUT2D eigenvalue weighted by molar-refractivity contribution is 6.00. The summed E-state index contributed by atoms with van der Waals surface area (Å²) in [5.74, 6) is -3.85. The van der Waals surface area contributed by atoms with Crippen LogP contribution >= 0.6 is 0 Å². The van der Waals surface area contributed by atoms with Gasteiger partial charge in [-0.1, -0.05) is 79.7 Å². The van der Waals surface area contributed by atoms with Gasteiger partial charge in [-0.05, 0) is 71.8 Å². The number of likely N-dealkylation sites (tertiary alicyclic amines) is 1. The van der Waals surface area contributed by atoms with Gasteiger partial charge in [-0.3, -0.25) is 9.59 Å². The van der Waals surface area contributed by atoms with Crippen LogP contribution in [-0.2, 0) is 18.9 Å². The first-order chi connectivity index (χ1) is 23.6. The Morgan fingerprint density at radius 1 is 0.959 bits per heavy atom. The van der Waals surface area contributed by atoms with Gasteiger partial charge in [0.25, 0.3) is 17.7 Å². The van der Waals surface area contributed by atoms with Gasteiger partial charge in [0.05, 0.1) is 18.2 Å². The third kappa shape index (κ3) is 9.04. The van der Waals surface area contributed by atoms with Crippen molar-refractivity contribution in [3.8, 4) is 0 Å². The topological polar surface area (TPSA) is 81.7 Å². The second-order valence-corrected chi connectivity index (χ2v) is 12.7. The maximum absolute atomic E-state index is 14.4. The Balaban J connectivity index is 1.27. The molecular formula is C40H42F3N3O3. The third-order valence-electron chi connectivity index (χ3n) is 9.06. The number of hydrogen-bond donors (Lipinski definition) is 3. The zero-order valence-corrected chi connectivity index (χ0v) is 27.5.